The van der Waals surface area contributed by atoms with Crippen LogP contribution in [0.4, 0.5) is 0 Å². The second-order valence-electron chi connectivity index (χ2n) is 4.20. The van der Waals surface area contributed by atoms with Crippen molar-refractivity contribution < 1.29 is 18.5 Å². The van der Waals surface area contributed by atoms with Crippen molar-refractivity contribution in [2.24, 2.45) is 5.92 Å². The van der Waals surface area contributed by atoms with E-state index in [1.807, 2.05) is 7.85 Å². The zero-order valence-electron chi connectivity index (χ0n) is 9.19. The topological polar surface area (TPSA) is 36.9 Å². The summed E-state index contributed by atoms with van der Waals surface area (Å²) in [6.45, 7) is 3.19. The van der Waals surface area contributed by atoms with E-state index in [4.69, 9.17) is 30.3 Å². The van der Waals surface area contributed by atoms with Gasteiger partial charge in [0.2, 0.25) is 0 Å². The molecule has 0 bridgehead atoms. The second-order valence-corrected chi connectivity index (χ2v) is 6.28. The van der Waals surface area contributed by atoms with Gasteiger partial charge in [-0.05, 0) is 11.8 Å². The molecule has 4 nitrogen and oxygen atoms in total. The summed E-state index contributed by atoms with van der Waals surface area (Å²) in [6, 6.07) is 0.0797. The molecule has 0 aliphatic carbocycles. The Labute approximate surface area is 96.6 Å². The lowest BCUT2D eigenvalue weighted by molar-refractivity contribution is -0.104. The average molecular weight is 250 g/mol. The maximum atomic E-state index is 5.95. The first-order chi connectivity index (χ1) is 7.09. The van der Waals surface area contributed by atoms with E-state index in [9.17, 15) is 0 Å². The maximum Gasteiger partial charge on any atom is 0.176 e. The van der Waals surface area contributed by atoms with Crippen molar-refractivity contribution >= 4 is 26.8 Å². The van der Waals surface area contributed by atoms with Crippen LogP contribution in [0.15, 0.2) is 0 Å². The van der Waals surface area contributed by atoms with Crippen LogP contribution in [0, 0.1) is 5.92 Å². The molecule has 2 aliphatic rings. The molecule has 2 saturated heterocycles. The van der Waals surface area contributed by atoms with Gasteiger partial charge in [-0.15, -0.1) is 0 Å². The molecule has 1 spiro atoms. The molecule has 0 aromatic rings. The molecule has 0 amide bonds. The lowest BCUT2D eigenvalue weighted by Crippen LogP contribution is -2.47. The van der Waals surface area contributed by atoms with Gasteiger partial charge in [0.15, 0.2) is 7.15 Å². The van der Waals surface area contributed by atoms with Gasteiger partial charge in [0.1, 0.15) is 13.4 Å². The zero-order valence-corrected chi connectivity index (χ0v) is 11.0. The highest BCUT2D eigenvalue weighted by molar-refractivity contribution is 8.00. The van der Waals surface area contributed by atoms with Crippen LogP contribution in [0.3, 0.4) is 0 Å². The number of rotatable bonds is 1. The molecule has 1 unspecified atom stereocenters. The smallest absolute Gasteiger partial charge is 0.176 e. The highest BCUT2D eigenvalue weighted by atomic mass is 32.4. The zero-order chi connectivity index (χ0) is 11.1. The first kappa shape index (κ1) is 12.0. The Hall–Kier alpha value is 0.555. The molecule has 86 valence electrons. The standard InChI is InChI=1S/C8H16BO4PS/c1-5-6(10-2)7(9)13-8(5)3-11-14(15)12-4-8/h5-7,14H,3-4,9H2,1-2H3/t5?,6-,7+/m0/s1. The molecule has 3 atom stereocenters. The van der Waals surface area contributed by atoms with Crippen molar-refractivity contribution in [1.82, 2.24) is 0 Å². The van der Waals surface area contributed by atoms with Crippen LogP contribution in [0.25, 0.3) is 0 Å². The lowest BCUT2D eigenvalue weighted by Gasteiger charge is -2.36. The normalized spacial score (nSPS) is 51.1. The van der Waals surface area contributed by atoms with Gasteiger partial charge < -0.3 is 18.5 Å². The average Bonchev–Trinajstić information content (AvgIpc) is 2.44. The summed E-state index contributed by atoms with van der Waals surface area (Å²) in [6.07, 6.45) is 0.107. The Kier molecular flexibility index (Phi) is 3.56. The van der Waals surface area contributed by atoms with E-state index in [0.717, 1.165) is 0 Å². The number of hydrogen-bond acceptors (Lipinski definition) is 5. The highest BCUT2D eigenvalue weighted by Gasteiger charge is 2.53. The summed E-state index contributed by atoms with van der Waals surface area (Å²) < 4.78 is 22.3. The van der Waals surface area contributed by atoms with Crippen molar-refractivity contribution in [3.05, 3.63) is 0 Å². The van der Waals surface area contributed by atoms with Gasteiger partial charge >= 0.3 is 0 Å². The third-order valence-corrected chi connectivity index (χ3v) is 4.81. The molecule has 0 saturated carbocycles. The van der Waals surface area contributed by atoms with Crippen molar-refractivity contribution in [2.45, 2.75) is 24.6 Å². The lowest BCUT2D eigenvalue weighted by atomic mass is 9.83. The van der Waals surface area contributed by atoms with Crippen LogP contribution in [-0.4, -0.2) is 45.9 Å². The molecule has 15 heavy (non-hydrogen) atoms. The monoisotopic (exact) mass is 250 g/mol. The van der Waals surface area contributed by atoms with E-state index in [1.165, 1.54) is 0 Å². The summed E-state index contributed by atoms with van der Waals surface area (Å²) in [5, 5.41) is 0. The minimum Gasteiger partial charge on any atom is -0.379 e. The minimum atomic E-state index is -1.46. The van der Waals surface area contributed by atoms with Crippen molar-refractivity contribution in [3.63, 3.8) is 0 Å². The van der Waals surface area contributed by atoms with Crippen LogP contribution >= 0.6 is 7.15 Å². The summed E-state index contributed by atoms with van der Waals surface area (Å²) in [5.74, 6) is 0.266. The van der Waals surface area contributed by atoms with Crippen LogP contribution in [0.2, 0.25) is 0 Å². The van der Waals surface area contributed by atoms with Crippen LogP contribution < -0.4 is 0 Å². The molecule has 2 fully saturated rings. The Bertz CT molecular complexity index is 267. The Balaban J connectivity index is 2.13. The molecular weight excluding hydrogens is 234 g/mol. The van der Waals surface area contributed by atoms with Gasteiger partial charge in [0.05, 0.1) is 25.3 Å². The third-order valence-electron chi connectivity index (χ3n) is 3.35. The van der Waals surface area contributed by atoms with E-state index in [1.54, 1.807) is 7.11 Å². The van der Waals surface area contributed by atoms with Crippen molar-refractivity contribution in [2.75, 3.05) is 20.3 Å². The maximum absolute atomic E-state index is 5.95. The molecule has 0 radical (unpaired) electrons. The minimum absolute atomic E-state index is 0.0797. The Morgan fingerprint density at radius 3 is 2.53 bits per heavy atom. The van der Waals surface area contributed by atoms with E-state index < -0.39 is 7.15 Å². The summed E-state index contributed by atoms with van der Waals surface area (Å²) in [7, 11) is 2.28. The number of ether oxygens (including phenoxy) is 2. The fraction of sp³-hybridized carbons (Fsp3) is 1.00. The quantitative estimate of drug-likeness (QED) is 0.480. The van der Waals surface area contributed by atoms with Gasteiger partial charge in [0, 0.05) is 13.0 Å². The highest BCUT2D eigenvalue weighted by Crippen LogP contribution is 2.44. The molecule has 7 heteroatoms. The fourth-order valence-corrected chi connectivity index (χ4v) is 3.58. The van der Waals surface area contributed by atoms with Gasteiger partial charge in [-0.2, -0.15) is 0 Å². The van der Waals surface area contributed by atoms with Gasteiger partial charge in [0.25, 0.3) is 0 Å². The molecule has 2 aliphatic heterocycles. The van der Waals surface area contributed by atoms with Gasteiger partial charge in [-0.1, -0.05) is 6.92 Å². The van der Waals surface area contributed by atoms with E-state index >= 15 is 0 Å². The molecule has 2 rings (SSSR count). The SMILES string of the molecule is B[C@@H]1OC2(CO[PH](=S)OC2)C(C)[C@@H]1OC. The molecule has 0 aromatic carbocycles. The summed E-state index contributed by atoms with van der Waals surface area (Å²) >= 11 is 5.00. The van der Waals surface area contributed by atoms with Crippen molar-refractivity contribution in [1.29, 1.82) is 0 Å². The van der Waals surface area contributed by atoms with Crippen LogP contribution in [-0.2, 0) is 30.3 Å². The second kappa shape index (κ2) is 4.44. The van der Waals surface area contributed by atoms with E-state index in [-0.39, 0.29) is 23.6 Å². The molecular formula is C8H16BO4PS. The molecule has 2 heterocycles. The molecule has 0 N–H and O–H groups in total. The van der Waals surface area contributed by atoms with Crippen LogP contribution in [0.5, 0.6) is 0 Å². The predicted octanol–water partition coefficient (Wildman–Crippen LogP) is -0.0814. The van der Waals surface area contributed by atoms with Gasteiger partial charge in [-0.3, -0.25) is 0 Å². The van der Waals surface area contributed by atoms with Crippen LogP contribution in [0.1, 0.15) is 6.92 Å². The van der Waals surface area contributed by atoms with Gasteiger partial charge in [-0.25, -0.2) is 0 Å². The fourth-order valence-electron chi connectivity index (χ4n) is 2.42. The van der Waals surface area contributed by atoms with E-state index in [0.29, 0.717) is 13.2 Å². The molecule has 0 aromatic heterocycles. The third kappa shape index (κ3) is 2.04. The van der Waals surface area contributed by atoms with Crippen molar-refractivity contribution in [3.8, 4) is 0 Å². The largest absolute Gasteiger partial charge is 0.379 e. The summed E-state index contributed by atoms with van der Waals surface area (Å²) in [4.78, 5) is 0. The summed E-state index contributed by atoms with van der Waals surface area (Å²) in [5.41, 5.74) is -0.354. The van der Waals surface area contributed by atoms with E-state index in [2.05, 4.69) is 6.92 Å². The first-order valence-electron chi connectivity index (χ1n) is 5.09. The number of methoxy groups -OCH3 is 1. The Morgan fingerprint density at radius 1 is 1.47 bits per heavy atom. The first-order valence-corrected chi connectivity index (χ1v) is 7.54. The predicted molar refractivity (Wildman–Crippen MR) is 63.7 cm³/mol. The number of hydrogen-bond donors (Lipinski definition) is 0. The Morgan fingerprint density at radius 2 is 2.07 bits per heavy atom.